The van der Waals surface area contributed by atoms with Crippen LogP contribution in [0, 0.1) is 6.92 Å². The molecule has 1 aliphatic rings. The zero-order chi connectivity index (χ0) is 17.1. The predicted molar refractivity (Wildman–Crippen MR) is 96.2 cm³/mol. The summed E-state index contributed by atoms with van der Waals surface area (Å²) in [5, 5.41) is 6.99. The SMILES string of the molecule is Cc1nc(Nc2cccc(Cl)c2Cl)cc(C(=O)NC2CCCC2)n1. The van der Waals surface area contributed by atoms with Crippen molar-refractivity contribution in [1.82, 2.24) is 15.3 Å². The highest BCUT2D eigenvalue weighted by Crippen LogP contribution is 2.31. The normalized spacial score (nSPS) is 14.6. The van der Waals surface area contributed by atoms with Crippen LogP contribution in [0.15, 0.2) is 24.3 Å². The highest BCUT2D eigenvalue weighted by Gasteiger charge is 2.19. The number of halogens is 2. The van der Waals surface area contributed by atoms with Crippen LogP contribution in [0.3, 0.4) is 0 Å². The van der Waals surface area contributed by atoms with E-state index in [2.05, 4.69) is 20.6 Å². The summed E-state index contributed by atoms with van der Waals surface area (Å²) in [6.07, 6.45) is 4.37. The quantitative estimate of drug-likeness (QED) is 0.837. The molecule has 1 amide bonds. The Bertz CT molecular complexity index is 760. The molecule has 0 unspecified atom stereocenters. The van der Waals surface area contributed by atoms with Crippen molar-refractivity contribution >= 4 is 40.6 Å². The number of aromatic nitrogens is 2. The highest BCUT2D eigenvalue weighted by atomic mass is 35.5. The lowest BCUT2D eigenvalue weighted by molar-refractivity contribution is 0.0932. The Labute approximate surface area is 150 Å². The lowest BCUT2D eigenvalue weighted by Gasteiger charge is -2.13. The van der Waals surface area contributed by atoms with Crippen molar-refractivity contribution in [2.24, 2.45) is 0 Å². The summed E-state index contributed by atoms with van der Waals surface area (Å²) in [5.74, 6) is 0.839. The van der Waals surface area contributed by atoms with E-state index in [1.54, 1.807) is 31.2 Å². The van der Waals surface area contributed by atoms with Crippen molar-refractivity contribution < 1.29 is 4.79 Å². The number of benzene rings is 1. The first-order valence-corrected chi connectivity index (χ1v) is 8.66. The lowest BCUT2D eigenvalue weighted by Crippen LogP contribution is -2.33. The molecule has 0 atom stereocenters. The molecule has 126 valence electrons. The third-order valence-corrected chi connectivity index (χ3v) is 4.79. The van der Waals surface area contributed by atoms with Gasteiger partial charge in [-0.2, -0.15) is 0 Å². The van der Waals surface area contributed by atoms with Gasteiger partial charge in [-0.15, -0.1) is 0 Å². The van der Waals surface area contributed by atoms with Gasteiger partial charge in [0.25, 0.3) is 5.91 Å². The van der Waals surface area contributed by atoms with E-state index in [1.807, 2.05) is 0 Å². The van der Waals surface area contributed by atoms with Crippen LogP contribution in [-0.4, -0.2) is 21.9 Å². The summed E-state index contributed by atoms with van der Waals surface area (Å²) >= 11 is 12.2. The molecule has 1 saturated carbocycles. The van der Waals surface area contributed by atoms with Crippen LogP contribution >= 0.6 is 23.2 Å². The van der Waals surface area contributed by atoms with Gasteiger partial charge < -0.3 is 10.6 Å². The third kappa shape index (κ3) is 3.97. The molecule has 1 heterocycles. The summed E-state index contributed by atoms with van der Waals surface area (Å²) in [7, 11) is 0. The van der Waals surface area contributed by atoms with Crippen molar-refractivity contribution in [1.29, 1.82) is 0 Å². The number of amides is 1. The number of hydrogen-bond donors (Lipinski definition) is 2. The molecule has 1 aliphatic carbocycles. The Balaban J connectivity index is 1.80. The minimum atomic E-state index is -0.173. The Kier molecular flexibility index (Phi) is 5.21. The molecule has 0 bridgehead atoms. The first-order valence-electron chi connectivity index (χ1n) is 7.90. The zero-order valence-electron chi connectivity index (χ0n) is 13.3. The Morgan fingerprint density at radius 3 is 2.71 bits per heavy atom. The van der Waals surface area contributed by atoms with Crippen LogP contribution in [0.25, 0.3) is 0 Å². The number of anilines is 2. The number of rotatable bonds is 4. The molecule has 5 nitrogen and oxygen atoms in total. The van der Waals surface area contributed by atoms with Gasteiger partial charge in [-0.05, 0) is 31.9 Å². The largest absolute Gasteiger partial charge is 0.348 e. The average Bonchev–Trinajstić information content (AvgIpc) is 3.04. The maximum absolute atomic E-state index is 12.4. The number of carbonyl (C=O) groups is 1. The van der Waals surface area contributed by atoms with Gasteiger partial charge in [0.2, 0.25) is 0 Å². The number of nitrogens with one attached hydrogen (secondary N) is 2. The van der Waals surface area contributed by atoms with E-state index in [9.17, 15) is 4.79 Å². The number of hydrogen-bond acceptors (Lipinski definition) is 4. The minimum Gasteiger partial charge on any atom is -0.348 e. The van der Waals surface area contributed by atoms with E-state index >= 15 is 0 Å². The van der Waals surface area contributed by atoms with E-state index in [0.717, 1.165) is 25.7 Å². The van der Waals surface area contributed by atoms with E-state index in [1.165, 1.54) is 0 Å². The fraction of sp³-hybridized carbons (Fsp3) is 0.353. The fourth-order valence-corrected chi connectivity index (χ4v) is 3.16. The van der Waals surface area contributed by atoms with E-state index < -0.39 is 0 Å². The molecule has 2 N–H and O–H groups in total. The molecular formula is C17H18Cl2N4O. The smallest absolute Gasteiger partial charge is 0.270 e. The first-order chi connectivity index (χ1) is 11.5. The molecule has 0 aliphatic heterocycles. The van der Waals surface area contributed by atoms with Gasteiger partial charge in [-0.25, -0.2) is 9.97 Å². The van der Waals surface area contributed by atoms with Gasteiger partial charge in [0, 0.05) is 12.1 Å². The maximum atomic E-state index is 12.4. The topological polar surface area (TPSA) is 66.9 Å². The van der Waals surface area contributed by atoms with Gasteiger partial charge >= 0.3 is 0 Å². The second-order valence-electron chi connectivity index (χ2n) is 5.87. The van der Waals surface area contributed by atoms with E-state index in [4.69, 9.17) is 23.2 Å². The van der Waals surface area contributed by atoms with Gasteiger partial charge in [0.05, 0.1) is 15.7 Å². The Hall–Kier alpha value is -1.85. The number of nitrogens with zero attached hydrogens (tertiary/aromatic N) is 2. The summed E-state index contributed by atoms with van der Waals surface area (Å²) in [4.78, 5) is 20.9. The predicted octanol–water partition coefficient (Wildman–Crippen LogP) is 4.51. The van der Waals surface area contributed by atoms with Crippen LogP contribution in [0.2, 0.25) is 10.0 Å². The van der Waals surface area contributed by atoms with Crippen molar-refractivity contribution in [3.63, 3.8) is 0 Å². The van der Waals surface area contributed by atoms with Crippen LogP contribution in [0.1, 0.15) is 42.0 Å². The molecule has 1 aromatic carbocycles. The summed E-state index contributed by atoms with van der Waals surface area (Å²) < 4.78 is 0. The van der Waals surface area contributed by atoms with E-state index in [-0.39, 0.29) is 11.9 Å². The molecule has 7 heteroatoms. The maximum Gasteiger partial charge on any atom is 0.270 e. The van der Waals surface area contributed by atoms with Gasteiger partial charge in [0.15, 0.2) is 0 Å². The lowest BCUT2D eigenvalue weighted by atomic mass is 10.2. The molecule has 0 saturated heterocycles. The van der Waals surface area contributed by atoms with E-state index in [0.29, 0.717) is 33.1 Å². The van der Waals surface area contributed by atoms with Gasteiger partial charge in [-0.3, -0.25) is 4.79 Å². The molecular weight excluding hydrogens is 347 g/mol. The molecule has 3 rings (SSSR count). The zero-order valence-corrected chi connectivity index (χ0v) is 14.8. The third-order valence-electron chi connectivity index (χ3n) is 3.98. The number of aryl methyl sites for hydroxylation is 1. The number of carbonyl (C=O) groups excluding carboxylic acids is 1. The molecule has 0 spiro atoms. The Morgan fingerprint density at radius 1 is 1.21 bits per heavy atom. The molecule has 24 heavy (non-hydrogen) atoms. The van der Waals surface area contributed by atoms with Gasteiger partial charge in [0.1, 0.15) is 17.3 Å². The van der Waals surface area contributed by atoms with Gasteiger partial charge in [-0.1, -0.05) is 42.1 Å². The standard InChI is InChI=1S/C17H18Cl2N4O/c1-10-20-14(17(24)22-11-5-2-3-6-11)9-15(21-10)23-13-8-4-7-12(18)16(13)19/h4,7-9,11H,2-3,5-6H2,1H3,(H,22,24)(H,20,21,23). The van der Waals surface area contributed by atoms with Crippen LogP contribution in [0.5, 0.6) is 0 Å². The fourth-order valence-electron chi connectivity index (χ4n) is 2.82. The molecule has 0 radical (unpaired) electrons. The highest BCUT2D eigenvalue weighted by molar-refractivity contribution is 6.43. The van der Waals surface area contributed by atoms with Crippen molar-refractivity contribution in [2.75, 3.05) is 5.32 Å². The summed E-state index contributed by atoms with van der Waals surface area (Å²) in [6, 6.07) is 7.16. The second kappa shape index (κ2) is 7.36. The van der Waals surface area contributed by atoms with Crippen molar-refractivity contribution in [2.45, 2.75) is 38.6 Å². The van der Waals surface area contributed by atoms with Crippen LogP contribution in [0.4, 0.5) is 11.5 Å². The Morgan fingerprint density at radius 2 is 1.96 bits per heavy atom. The molecule has 2 aromatic rings. The van der Waals surface area contributed by atoms with Crippen LogP contribution in [-0.2, 0) is 0 Å². The minimum absolute atomic E-state index is 0.173. The average molecular weight is 365 g/mol. The summed E-state index contributed by atoms with van der Waals surface area (Å²) in [6.45, 7) is 1.75. The van der Waals surface area contributed by atoms with Crippen LogP contribution < -0.4 is 10.6 Å². The monoisotopic (exact) mass is 364 g/mol. The van der Waals surface area contributed by atoms with Crippen molar-refractivity contribution in [3.05, 3.63) is 45.8 Å². The molecule has 1 aromatic heterocycles. The second-order valence-corrected chi connectivity index (χ2v) is 6.65. The first kappa shape index (κ1) is 17.0. The van der Waals surface area contributed by atoms with Crippen molar-refractivity contribution in [3.8, 4) is 0 Å². The summed E-state index contributed by atoms with van der Waals surface area (Å²) in [5.41, 5.74) is 0.972. The molecule has 1 fully saturated rings.